The normalized spacial score (nSPS) is 18.6. The minimum Gasteiger partial charge on any atom is -0.494 e. The van der Waals surface area contributed by atoms with Crippen LogP contribution in [0.3, 0.4) is 0 Å². The molecule has 1 amide bonds. The molecule has 1 N–H and O–H groups in total. The van der Waals surface area contributed by atoms with Crippen LogP contribution in [0.15, 0.2) is 30.3 Å². The number of rotatable bonds is 7. The SMILES string of the molecule is CCOc1ccc(C2(CNC(=O)c3cc(C4CC4)n(C(C)(C)C)n3)CCOCC2)cc1. The molecule has 2 aromatic rings. The molecule has 1 saturated heterocycles. The van der Waals surface area contributed by atoms with Gasteiger partial charge in [0, 0.05) is 36.8 Å². The van der Waals surface area contributed by atoms with Crippen LogP contribution < -0.4 is 10.1 Å². The van der Waals surface area contributed by atoms with Crippen molar-refractivity contribution >= 4 is 5.91 Å². The molecule has 31 heavy (non-hydrogen) atoms. The highest BCUT2D eigenvalue weighted by molar-refractivity contribution is 5.92. The average Bonchev–Trinajstić information content (AvgIpc) is 3.50. The Balaban J connectivity index is 1.52. The molecule has 0 atom stereocenters. The van der Waals surface area contributed by atoms with E-state index in [1.165, 1.54) is 24.1 Å². The van der Waals surface area contributed by atoms with Gasteiger partial charge in [-0.25, -0.2) is 0 Å². The summed E-state index contributed by atoms with van der Waals surface area (Å²) in [6.07, 6.45) is 4.13. The fourth-order valence-corrected chi connectivity index (χ4v) is 4.45. The van der Waals surface area contributed by atoms with Crippen LogP contribution in [0.5, 0.6) is 5.75 Å². The summed E-state index contributed by atoms with van der Waals surface area (Å²) in [4.78, 5) is 13.1. The summed E-state index contributed by atoms with van der Waals surface area (Å²) in [5, 5.41) is 7.89. The van der Waals surface area contributed by atoms with Crippen molar-refractivity contribution in [2.24, 2.45) is 0 Å². The third-order valence-electron chi connectivity index (χ3n) is 6.42. The van der Waals surface area contributed by atoms with Crippen LogP contribution in [0.25, 0.3) is 0 Å². The Morgan fingerprint density at radius 1 is 1.23 bits per heavy atom. The Labute approximate surface area is 185 Å². The molecule has 0 radical (unpaired) electrons. The van der Waals surface area contributed by atoms with Crippen LogP contribution in [0.4, 0.5) is 0 Å². The number of carbonyl (C=O) groups excluding carboxylic acids is 1. The topological polar surface area (TPSA) is 65.4 Å². The fourth-order valence-electron chi connectivity index (χ4n) is 4.45. The Morgan fingerprint density at radius 3 is 2.48 bits per heavy atom. The summed E-state index contributed by atoms with van der Waals surface area (Å²) >= 11 is 0. The Bertz CT molecular complexity index is 901. The minimum absolute atomic E-state index is 0.0956. The van der Waals surface area contributed by atoms with E-state index in [9.17, 15) is 4.79 Å². The summed E-state index contributed by atoms with van der Waals surface area (Å²) in [6.45, 7) is 11.0. The van der Waals surface area contributed by atoms with Gasteiger partial charge in [0.05, 0.1) is 12.1 Å². The van der Waals surface area contributed by atoms with E-state index in [1.807, 2.05) is 29.8 Å². The van der Waals surface area contributed by atoms with E-state index in [-0.39, 0.29) is 16.9 Å². The molecule has 2 aliphatic rings. The first-order chi connectivity index (χ1) is 14.8. The lowest BCUT2D eigenvalue weighted by atomic mass is 9.74. The fraction of sp³-hybridized carbons (Fsp3) is 0.600. The van der Waals surface area contributed by atoms with Crippen molar-refractivity contribution in [3.8, 4) is 5.75 Å². The van der Waals surface area contributed by atoms with E-state index in [2.05, 4.69) is 38.2 Å². The molecule has 6 heteroatoms. The molecule has 2 heterocycles. The number of ether oxygens (including phenoxy) is 2. The summed E-state index contributed by atoms with van der Waals surface area (Å²) < 4.78 is 13.3. The quantitative estimate of drug-likeness (QED) is 0.714. The van der Waals surface area contributed by atoms with Crippen molar-refractivity contribution in [2.75, 3.05) is 26.4 Å². The maximum atomic E-state index is 13.1. The van der Waals surface area contributed by atoms with Gasteiger partial charge in [-0.3, -0.25) is 9.48 Å². The molecule has 0 bridgehead atoms. The van der Waals surface area contributed by atoms with Crippen molar-refractivity contribution in [3.63, 3.8) is 0 Å². The third kappa shape index (κ3) is 4.79. The summed E-state index contributed by atoms with van der Waals surface area (Å²) in [6, 6.07) is 10.3. The van der Waals surface area contributed by atoms with Gasteiger partial charge in [0.25, 0.3) is 5.91 Å². The van der Waals surface area contributed by atoms with Gasteiger partial charge < -0.3 is 14.8 Å². The molecule has 168 valence electrons. The predicted octanol–water partition coefficient (Wildman–Crippen LogP) is 4.39. The van der Waals surface area contributed by atoms with Crippen LogP contribution in [-0.2, 0) is 15.7 Å². The molecule has 0 spiro atoms. The zero-order valence-corrected chi connectivity index (χ0v) is 19.2. The Hall–Kier alpha value is -2.34. The lowest BCUT2D eigenvalue weighted by Gasteiger charge is -2.38. The number of nitrogens with one attached hydrogen (secondary N) is 1. The maximum Gasteiger partial charge on any atom is 0.271 e. The minimum atomic E-state index is -0.138. The van der Waals surface area contributed by atoms with E-state index in [0.29, 0.717) is 38.0 Å². The molecule has 1 aliphatic heterocycles. The first kappa shape index (κ1) is 21.9. The molecule has 1 saturated carbocycles. The van der Waals surface area contributed by atoms with E-state index in [4.69, 9.17) is 14.6 Å². The van der Waals surface area contributed by atoms with Gasteiger partial charge in [-0.15, -0.1) is 0 Å². The van der Waals surface area contributed by atoms with Crippen LogP contribution in [0.2, 0.25) is 0 Å². The first-order valence-electron chi connectivity index (χ1n) is 11.5. The second kappa shape index (κ2) is 8.65. The molecular weight excluding hydrogens is 390 g/mol. The van der Waals surface area contributed by atoms with Gasteiger partial charge in [-0.1, -0.05) is 12.1 Å². The van der Waals surface area contributed by atoms with E-state index in [1.54, 1.807) is 0 Å². The lowest BCUT2D eigenvalue weighted by Crippen LogP contribution is -2.44. The van der Waals surface area contributed by atoms with Crippen LogP contribution in [-0.4, -0.2) is 42.1 Å². The van der Waals surface area contributed by atoms with E-state index < -0.39 is 0 Å². The van der Waals surface area contributed by atoms with Crippen molar-refractivity contribution < 1.29 is 14.3 Å². The van der Waals surface area contributed by atoms with E-state index >= 15 is 0 Å². The van der Waals surface area contributed by atoms with Crippen molar-refractivity contribution in [1.82, 2.24) is 15.1 Å². The molecule has 4 rings (SSSR count). The van der Waals surface area contributed by atoms with Gasteiger partial charge >= 0.3 is 0 Å². The third-order valence-corrected chi connectivity index (χ3v) is 6.42. The van der Waals surface area contributed by atoms with E-state index in [0.717, 1.165) is 18.6 Å². The molecule has 0 unspecified atom stereocenters. The number of nitrogens with zero attached hydrogens (tertiary/aromatic N) is 2. The number of aromatic nitrogens is 2. The highest BCUT2D eigenvalue weighted by Crippen LogP contribution is 2.42. The van der Waals surface area contributed by atoms with Crippen LogP contribution in [0.1, 0.15) is 81.0 Å². The number of amides is 1. The predicted molar refractivity (Wildman–Crippen MR) is 121 cm³/mol. The smallest absolute Gasteiger partial charge is 0.271 e. The number of hydrogen-bond acceptors (Lipinski definition) is 4. The zero-order chi connectivity index (χ0) is 22.1. The molecule has 2 fully saturated rings. The molecule has 6 nitrogen and oxygen atoms in total. The largest absolute Gasteiger partial charge is 0.494 e. The highest BCUT2D eigenvalue weighted by atomic mass is 16.5. The standard InChI is InChI=1S/C25H35N3O3/c1-5-31-20-10-8-19(9-11-20)25(12-14-30-15-13-25)17-26-23(29)21-16-22(18-6-7-18)28(27-21)24(2,3)4/h8-11,16,18H,5-7,12-15,17H2,1-4H3,(H,26,29). The van der Waals surface area contributed by atoms with Gasteiger partial charge in [-0.05, 0) is 77.1 Å². The maximum absolute atomic E-state index is 13.1. The summed E-state index contributed by atoms with van der Waals surface area (Å²) in [7, 11) is 0. The van der Waals surface area contributed by atoms with Crippen LogP contribution >= 0.6 is 0 Å². The number of hydrogen-bond donors (Lipinski definition) is 1. The van der Waals surface area contributed by atoms with Crippen molar-refractivity contribution in [2.45, 2.75) is 70.3 Å². The van der Waals surface area contributed by atoms with Crippen molar-refractivity contribution in [1.29, 1.82) is 0 Å². The second-order valence-corrected chi connectivity index (χ2v) is 9.84. The van der Waals surface area contributed by atoms with Crippen LogP contribution in [0, 0.1) is 0 Å². The summed E-state index contributed by atoms with van der Waals surface area (Å²) in [5.41, 5.74) is 2.65. The highest BCUT2D eigenvalue weighted by Gasteiger charge is 2.36. The second-order valence-electron chi connectivity index (χ2n) is 9.84. The Morgan fingerprint density at radius 2 is 1.90 bits per heavy atom. The zero-order valence-electron chi connectivity index (χ0n) is 19.2. The average molecular weight is 426 g/mol. The first-order valence-corrected chi connectivity index (χ1v) is 11.5. The van der Waals surface area contributed by atoms with Gasteiger partial charge in [0.15, 0.2) is 0 Å². The van der Waals surface area contributed by atoms with Gasteiger partial charge in [0.1, 0.15) is 11.4 Å². The molecule has 1 aromatic heterocycles. The van der Waals surface area contributed by atoms with Crippen molar-refractivity contribution in [3.05, 3.63) is 47.3 Å². The molecular formula is C25H35N3O3. The van der Waals surface area contributed by atoms with Gasteiger partial charge in [-0.2, -0.15) is 5.10 Å². The monoisotopic (exact) mass is 425 g/mol. The van der Waals surface area contributed by atoms with Gasteiger partial charge in [0.2, 0.25) is 0 Å². The lowest BCUT2D eigenvalue weighted by molar-refractivity contribution is 0.0486. The summed E-state index contributed by atoms with van der Waals surface area (Å²) in [5.74, 6) is 1.32. The molecule has 1 aliphatic carbocycles. The Kier molecular flexibility index (Phi) is 6.11. The number of benzene rings is 1. The number of carbonyl (C=O) groups is 1. The molecule has 1 aromatic carbocycles.